The molecule has 1 aliphatic heterocycles. The van der Waals surface area contributed by atoms with Gasteiger partial charge in [0, 0.05) is 21.6 Å². The van der Waals surface area contributed by atoms with Crippen LogP contribution in [-0.2, 0) is 4.74 Å². The quantitative estimate of drug-likeness (QED) is 0.521. The number of H-pyrrole nitrogens is 1. The summed E-state index contributed by atoms with van der Waals surface area (Å²) in [5.41, 5.74) is 0.836. The van der Waals surface area contributed by atoms with E-state index >= 15 is 0 Å². The van der Waals surface area contributed by atoms with Gasteiger partial charge in [0.15, 0.2) is 0 Å². The summed E-state index contributed by atoms with van der Waals surface area (Å²) >= 11 is 3.37. The van der Waals surface area contributed by atoms with Crippen molar-refractivity contribution in [1.82, 2.24) is 4.98 Å². The Hall–Kier alpha value is -1.16. The molecule has 5 atom stereocenters. The van der Waals surface area contributed by atoms with Crippen molar-refractivity contribution in [3.05, 3.63) is 28.9 Å². The van der Waals surface area contributed by atoms with Gasteiger partial charge in [-0.3, -0.25) is 0 Å². The van der Waals surface area contributed by atoms with Crippen LogP contribution in [0.2, 0.25) is 0 Å². The third-order valence-electron chi connectivity index (χ3n) is 3.70. The lowest BCUT2D eigenvalue weighted by molar-refractivity contribution is -0.277. The molecule has 0 aliphatic carbocycles. The zero-order chi connectivity index (χ0) is 15.9. The van der Waals surface area contributed by atoms with Gasteiger partial charge in [0.25, 0.3) is 0 Å². The summed E-state index contributed by atoms with van der Waals surface area (Å²) in [4.78, 5) is 3.02. The fourth-order valence-corrected chi connectivity index (χ4v) is 2.82. The van der Waals surface area contributed by atoms with E-state index in [9.17, 15) is 20.4 Å². The van der Waals surface area contributed by atoms with Crippen LogP contribution in [-0.4, -0.2) is 62.7 Å². The van der Waals surface area contributed by atoms with E-state index in [1.165, 1.54) is 0 Å². The summed E-state index contributed by atoms with van der Waals surface area (Å²) in [5, 5.41) is 39.4. The lowest BCUT2D eigenvalue weighted by Crippen LogP contribution is -2.60. The Morgan fingerprint density at radius 1 is 1.18 bits per heavy atom. The number of rotatable bonds is 3. The van der Waals surface area contributed by atoms with E-state index in [2.05, 4.69) is 20.9 Å². The van der Waals surface area contributed by atoms with Gasteiger partial charge in [-0.15, -0.1) is 0 Å². The maximum Gasteiger partial charge on any atom is 0.229 e. The maximum absolute atomic E-state index is 9.99. The summed E-state index contributed by atoms with van der Waals surface area (Å²) in [6, 6.07) is 5.57. The molecule has 0 saturated carbocycles. The number of aromatic nitrogens is 1. The predicted octanol–water partition coefficient (Wildman–Crippen LogP) is 0.109. The second-order valence-corrected chi connectivity index (χ2v) is 6.07. The van der Waals surface area contributed by atoms with Gasteiger partial charge < -0.3 is 34.9 Å². The molecule has 0 spiro atoms. The Bertz CT molecular complexity index is 660. The smallest absolute Gasteiger partial charge is 0.229 e. The highest BCUT2D eigenvalue weighted by Gasteiger charge is 2.44. The van der Waals surface area contributed by atoms with Crippen molar-refractivity contribution in [1.29, 1.82) is 0 Å². The van der Waals surface area contributed by atoms with Crippen molar-refractivity contribution in [2.24, 2.45) is 0 Å². The Kier molecular flexibility index (Phi) is 4.40. The van der Waals surface area contributed by atoms with E-state index in [1.807, 2.05) is 18.2 Å². The first-order valence-corrected chi connectivity index (χ1v) is 7.54. The van der Waals surface area contributed by atoms with E-state index in [4.69, 9.17) is 9.47 Å². The van der Waals surface area contributed by atoms with Gasteiger partial charge in [-0.2, -0.15) is 0 Å². The number of ether oxygens (including phenoxy) is 2. The van der Waals surface area contributed by atoms with Gasteiger partial charge in [0.05, 0.1) is 6.61 Å². The first-order valence-electron chi connectivity index (χ1n) is 6.75. The zero-order valence-electron chi connectivity index (χ0n) is 11.4. The summed E-state index contributed by atoms with van der Waals surface area (Å²) < 4.78 is 11.8. The van der Waals surface area contributed by atoms with Crippen LogP contribution in [0.3, 0.4) is 0 Å². The van der Waals surface area contributed by atoms with Crippen molar-refractivity contribution < 1.29 is 29.9 Å². The van der Waals surface area contributed by atoms with Crippen LogP contribution >= 0.6 is 15.9 Å². The fourth-order valence-electron chi connectivity index (χ4n) is 2.45. The lowest BCUT2D eigenvalue weighted by Gasteiger charge is -2.39. The van der Waals surface area contributed by atoms with Crippen LogP contribution < -0.4 is 4.74 Å². The molecule has 3 rings (SSSR count). The predicted molar refractivity (Wildman–Crippen MR) is 80.4 cm³/mol. The van der Waals surface area contributed by atoms with Crippen molar-refractivity contribution in [2.75, 3.05) is 6.61 Å². The normalized spacial score (nSPS) is 32.3. The standard InChI is InChI=1S/C14H16BrNO6/c15-6-1-2-8-7(3-6)9(4-16-8)21-14-13(20)12(19)11(18)10(5-17)22-14/h1-4,10-14,16-20H,5H2/t10-,11+,12+,13-,14-/m1/s1. The van der Waals surface area contributed by atoms with E-state index in [0.29, 0.717) is 5.75 Å². The Balaban J connectivity index is 1.85. The fraction of sp³-hybridized carbons (Fsp3) is 0.429. The lowest BCUT2D eigenvalue weighted by atomic mass is 9.99. The minimum absolute atomic E-state index is 0.431. The molecule has 120 valence electrons. The Morgan fingerprint density at radius 3 is 2.68 bits per heavy atom. The molecule has 1 aliphatic rings. The molecule has 0 unspecified atom stereocenters. The molecule has 0 radical (unpaired) electrons. The number of aromatic amines is 1. The molecule has 8 heteroatoms. The van der Waals surface area contributed by atoms with E-state index in [-0.39, 0.29) is 0 Å². The zero-order valence-corrected chi connectivity index (χ0v) is 13.0. The molecule has 1 fully saturated rings. The number of benzene rings is 1. The molecule has 1 saturated heterocycles. The van der Waals surface area contributed by atoms with Crippen molar-refractivity contribution in [2.45, 2.75) is 30.7 Å². The monoisotopic (exact) mass is 373 g/mol. The number of hydrogen-bond acceptors (Lipinski definition) is 6. The third kappa shape index (κ3) is 2.73. The molecule has 0 bridgehead atoms. The molecule has 2 heterocycles. The van der Waals surface area contributed by atoms with Crippen LogP contribution in [0, 0.1) is 0 Å². The number of nitrogens with one attached hydrogen (secondary N) is 1. The van der Waals surface area contributed by atoms with Gasteiger partial charge >= 0.3 is 0 Å². The summed E-state index contributed by atoms with van der Waals surface area (Å²) in [5.74, 6) is 0.431. The maximum atomic E-state index is 9.99. The number of aliphatic hydroxyl groups excluding tert-OH is 4. The molecule has 1 aromatic carbocycles. The van der Waals surface area contributed by atoms with Gasteiger partial charge in [0.2, 0.25) is 6.29 Å². The second kappa shape index (κ2) is 6.15. The molecule has 7 nitrogen and oxygen atoms in total. The minimum Gasteiger partial charge on any atom is -0.460 e. The van der Waals surface area contributed by atoms with E-state index in [1.54, 1.807) is 6.20 Å². The number of fused-ring (bicyclic) bond motifs is 1. The second-order valence-electron chi connectivity index (χ2n) is 5.16. The molecular formula is C14H16BrNO6. The van der Waals surface area contributed by atoms with Crippen LogP contribution in [0.1, 0.15) is 0 Å². The Labute approximate surface area is 134 Å². The Morgan fingerprint density at radius 2 is 1.95 bits per heavy atom. The van der Waals surface area contributed by atoms with Gasteiger partial charge in [-0.1, -0.05) is 15.9 Å². The van der Waals surface area contributed by atoms with Crippen LogP contribution in [0.5, 0.6) is 5.75 Å². The highest BCUT2D eigenvalue weighted by molar-refractivity contribution is 9.10. The SMILES string of the molecule is OC[C@H]1O[C@@H](Oc2c[nH]c3ccc(Br)cc23)[C@H](O)[C@@H](O)[C@H]1O. The average Bonchev–Trinajstić information content (AvgIpc) is 2.90. The molecule has 0 amide bonds. The summed E-state index contributed by atoms with van der Waals surface area (Å²) in [6.45, 7) is -0.496. The highest BCUT2D eigenvalue weighted by atomic mass is 79.9. The number of hydrogen-bond donors (Lipinski definition) is 5. The molecule has 1 aromatic heterocycles. The average molecular weight is 374 g/mol. The summed E-state index contributed by atoms with van der Waals surface area (Å²) in [6.07, 6.45) is -4.90. The number of halogens is 1. The minimum atomic E-state index is -1.46. The van der Waals surface area contributed by atoms with Crippen LogP contribution in [0.4, 0.5) is 0 Å². The van der Waals surface area contributed by atoms with E-state index in [0.717, 1.165) is 15.4 Å². The topological polar surface area (TPSA) is 115 Å². The third-order valence-corrected chi connectivity index (χ3v) is 4.19. The van der Waals surface area contributed by atoms with Crippen molar-refractivity contribution in [3.8, 4) is 5.75 Å². The first-order chi connectivity index (χ1) is 10.5. The largest absolute Gasteiger partial charge is 0.460 e. The van der Waals surface area contributed by atoms with Crippen LogP contribution in [0.15, 0.2) is 28.9 Å². The van der Waals surface area contributed by atoms with Gasteiger partial charge in [-0.05, 0) is 18.2 Å². The molecule has 5 N–H and O–H groups in total. The van der Waals surface area contributed by atoms with Crippen LogP contribution in [0.25, 0.3) is 10.9 Å². The van der Waals surface area contributed by atoms with E-state index < -0.39 is 37.3 Å². The highest BCUT2D eigenvalue weighted by Crippen LogP contribution is 2.31. The van der Waals surface area contributed by atoms with Gasteiger partial charge in [0.1, 0.15) is 30.2 Å². The molecule has 2 aromatic rings. The van der Waals surface area contributed by atoms with Crippen molar-refractivity contribution >= 4 is 26.8 Å². The van der Waals surface area contributed by atoms with Crippen molar-refractivity contribution in [3.63, 3.8) is 0 Å². The first kappa shape index (κ1) is 15.7. The summed E-state index contributed by atoms with van der Waals surface area (Å²) in [7, 11) is 0. The molecule has 22 heavy (non-hydrogen) atoms. The number of aliphatic hydroxyl groups is 4. The van der Waals surface area contributed by atoms with Gasteiger partial charge in [-0.25, -0.2) is 0 Å². The molecular weight excluding hydrogens is 358 g/mol.